The van der Waals surface area contributed by atoms with Crippen LogP contribution in [0.5, 0.6) is 0 Å². The summed E-state index contributed by atoms with van der Waals surface area (Å²) < 4.78 is 10.5. The molecule has 41 heavy (non-hydrogen) atoms. The molecule has 0 spiro atoms. The number of ether oxygens (including phenoxy) is 2. The van der Waals surface area contributed by atoms with E-state index < -0.39 is 0 Å². The fourth-order valence-electron chi connectivity index (χ4n) is 5.16. The number of rotatable bonds is 10. The van der Waals surface area contributed by atoms with Crippen LogP contribution in [-0.4, -0.2) is 57.5 Å². The van der Waals surface area contributed by atoms with E-state index in [0.29, 0.717) is 46.3 Å². The minimum Gasteiger partial charge on any atom is -0.464 e. The van der Waals surface area contributed by atoms with Gasteiger partial charge >= 0.3 is 11.9 Å². The van der Waals surface area contributed by atoms with Crippen molar-refractivity contribution >= 4 is 81.1 Å². The molecule has 0 aromatic heterocycles. The molecule has 2 aromatic carbocycles. The number of fused-ring (bicyclic) bond motifs is 2. The predicted octanol–water partition coefficient (Wildman–Crippen LogP) is 7.14. The Kier molecular flexibility index (Phi) is 10.2. The lowest BCUT2D eigenvalue weighted by Gasteiger charge is -2.30. The van der Waals surface area contributed by atoms with Gasteiger partial charge in [0.25, 0.3) is 0 Å². The molecule has 220 valence electrons. The smallest absolute Gasteiger partial charge is 0.302 e. The van der Waals surface area contributed by atoms with E-state index in [4.69, 9.17) is 55.9 Å². The van der Waals surface area contributed by atoms with Crippen LogP contribution in [0.15, 0.2) is 48.3 Å². The second kappa shape index (κ2) is 13.5. The molecule has 0 radical (unpaired) electrons. The lowest BCUT2D eigenvalue weighted by Crippen LogP contribution is -2.43. The third-order valence-electron chi connectivity index (χ3n) is 6.87. The van der Waals surface area contributed by atoms with Crippen LogP contribution < -0.4 is 19.6 Å². The fourth-order valence-corrected chi connectivity index (χ4v) is 5.80. The summed E-state index contributed by atoms with van der Waals surface area (Å²) in [5.74, 6) is 0.212. The summed E-state index contributed by atoms with van der Waals surface area (Å²) in [6.07, 6.45) is 5.90. The van der Waals surface area contributed by atoms with Crippen LogP contribution in [0, 0.1) is 0 Å². The van der Waals surface area contributed by atoms with Gasteiger partial charge in [-0.3, -0.25) is 9.59 Å². The fraction of sp³-hybridized carbons (Fsp3) is 0.379. The van der Waals surface area contributed by atoms with Crippen LogP contribution in [0.1, 0.15) is 27.7 Å². The second-order valence-corrected chi connectivity index (χ2v) is 11.0. The van der Waals surface area contributed by atoms with Crippen LogP contribution in [0.4, 0.5) is 22.7 Å². The molecule has 4 rings (SSSR count). The Morgan fingerprint density at radius 3 is 1.73 bits per heavy atom. The molecule has 8 nitrogen and oxygen atoms in total. The molecule has 12 heteroatoms. The SMILES string of the molecule is CCN1/C(=C\C=C\[C@H]2N(CC)c3cc(Cl)c(Cl)cc3N2CCOC(C)=O)N(CCOC(C)=O)c2cc(Cl)c(Cl)cc21. The van der Waals surface area contributed by atoms with Crippen LogP contribution >= 0.6 is 46.4 Å². The number of benzene rings is 2. The Bertz CT molecular complexity index is 1380. The number of allylic oxidation sites excluding steroid dienone is 2. The summed E-state index contributed by atoms with van der Waals surface area (Å²) in [6.45, 7) is 9.61. The maximum Gasteiger partial charge on any atom is 0.302 e. The zero-order valence-electron chi connectivity index (χ0n) is 23.3. The zero-order chi connectivity index (χ0) is 29.8. The molecule has 0 N–H and O–H groups in total. The van der Waals surface area contributed by atoms with Crippen molar-refractivity contribution in [1.29, 1.82) is 0 Å². The van der Waals surface area contributed by atoms with Gasteiger partial charge in [0.05, 0.1) is 55.9 Å². The van der Waals surface area contributed by atoms with Crippen molar-refractivity contribution in [3.8, 4) is 0 Å². The Balaban J connectivity index is 1.70. The van der Waals surface area contributed by atoms with E-state index in [1.807, 2.05) is 36.4 Å². The number of hydrogen-bond acceptors (Lipinski definition) is 8. The van der Waals surface area contributed by atoms with Crippen molar-refractivity contribution in [3.05, 3.63) is 68.4 Å². The number of halogens is 4. The number of nitrogens with zero attached hydrogens (tertiary/aromatic N) is 4. The molecule has 0 bridgehead atoms. The largest absolute Gasteiger partial charge is 0.464 e. The van der Waals surface area contributed by atoms with E-state index in [2.05, 4.69) is 39.5 Å². The van der Waals surface area contributed by atoms with Crippen LogP contribution in [0.3, 0.4) is 0 Å². The lowest BCUT2D eigenvalue weighted by atomic mass is 10.2. The normalized spacial score (nSPS) is 17.1. The second-order valence-electron chi connectivity index (χ2n) is 9.39. The number of likely N-dealkylation sites (N-methyl/N-ethyl adjacent to an activating group) is 1. The Morgan fingerprint density at radius 1 is 0.732 bits per heavy atom. The standard InChI is InChI=1S/C29H32Cl4N4O4/c1-5-34-24-14-20(30)22(32)16-26(24)36(10-12-40-18(3)38)28(34)8-7-9-29-35(6-2)25-15-21(31)23(33)17-27(25)37(29)11-13-41-19(4)39/h7-9,14-17,28H,5-6,10-13H2,1-4H3/b8-7+,29-9+/t28-/m0/s1. The van der Waals surface area contributed by atoms with E-state index in [1.54, 1.807) is 0 Å². The summed E-state index contributed by atoms with van der Waals surface area (Å²) in [5.41, 5.74) is 3.65. The molecule has 0 aliphatic carbocycles. The first-order chi connectivity index (χ1) is 19.6. The summed E-state index contributed by atoms with van der Waals surface area (Å²) in [5, 5.41) is 1.83. The Labute approximate surface area is 260 Å². The minimum absolute atomic E-state index is 0.186. The predicted molar refractivity (Wildman–Crippen MR) is 168 cm³/mol. The number of carbonyl (C=O) groups excluding carboxylic acids is 2. The summed E-state index contributed by atoms with van der Waals surface area (Å²) in [4.78, 5) is 31.4. The molecular formula is C29H32Cl4N4O4. The molecule has 2 aromatic rings. The number of esters is 2. The molecule has 0 unspecified atom stereocenters. The molecule has 1 atom stereocenters. The van der Waals surface area contributed by atoms with E-state index in [0.717, 1.165) is 28.6 Å². The quantitative estimate of drug-likeness (QED) is 0.254. The summed E-state index contributed by atoms with van der Waals surface area (Å²) in [6, 6.07) is 7.39. The summed E-state index contributed by atoms with van der Waals surface area (Å²) in [7, 11) is 0. The van der Waals surface area contributed by atoms with Crippen LogP contribution in [-0.2, 0) is 19.1 Å². The molecule has 0 saturated heterocycles. The molecule has 0 amide bonds. The Hall–Kier alpha value is -2.78. The van der Waals surface area contributed by atoms with Gasteiger partial charge in [-0.1, -0.05) is 52.5 Å². The van der Waals surface area contributed by atoms with Crippen molar-refractivity contribution in [2.45, 2.75) is 33.9 Å². The van der Waals surface area contributed by atoms with Crippen LogP contribution in [0.25, 0.3) is 0 Å². The topological polar surface area (TPSA) is 65.6 Å². The highest BCUT2D eigenvalue weighted by Crippen LogP contribution is 2.46. The van der Waals surface area contributed by atoms with Gasteiger partial charge < -0.3 is 29.1 Å². The van der Waals surface area contributed by atoms with Crippen molar-refractivity contribution in [2.75, 3.05) is 59.0 Å². The third-order valence-corrected chi connectivity index (χ3v) is 8.31. The first-order valence-electron chi connectivity index (χ1n) is 13.3. The van der Waals surface area contributed by atoms with Gasteiger partial charge in [-0.25, -0.2) is 0 Å². The molecule has 2 aliphatic rings. The van der Waals surface area contributed by atoms with Gasteiger partial charge in [-0.05, 0) is 50.3 Å². The van der Waals surface area contributed by atoms with E-state index >= 15 is 0 Å². The highest BCUT2D eigenvalue weighted by molar-refractivity contribution is 6.43. The molecule has 0 fully saturated rings. The highest BCUT2D eigenvalue weighted by Gasteiger charge is 2.35. The van der Waals surface area contributed by atoms with Gasteiger partial charge in [0.2, 0.25) is 0 Å². The average molecular weight is 642 g/mol. The summed E-state index contributed by atoms with van der Waals surface area (Å²) >= 11 is 25.6. The van der Waals surface area contributed by atoms with E-state index in [1.165, 1.54) is 13.8 Å². The van der Waals surface area contributed by atoms with Crippen molar-refractivity contribution in [2.24, 2.45) is 0 Å². The monoisotopic (exact) mass is 640 g/mol. The highest BCUT2D eigenvalue weighted by atomic mass is 35.5. The van der Waals surface area contributed by atoms with Gasteiger partial charge in [0.15, 0.2) is 0 Å². The minimum atomic E-state index is -0.342. The number of carbonyl (C=O) groups is 2. The van der Waals surface area contributed by atoms with Crippen LogP contribution in [0.2, 0.25) is 20.1 Å². The van der Waals surface area contributed by atoms with E-state index in [-0.39, 0.29) is 31.3 Å². The molecule has 0 saturated carbocycles. The van der Waals surface area contributed by atoms with Crippen molar-refractivity contribution in [3.63, 3.8) is 0 Å². The van der Waals surface area contributed by atoms with Crippen molar-refractivity contribution in [1.82, 2.24) is 0 Å². The molecule has 2 heterocycles. The number of hydrogen-bond donors (Lipinski definition) is 0. The molecule has 2 aliphatic heterocycles. The van der Waals surface area contributed by atoms with Gasteiger partial charge in [0, 0.05) is 26.9 Å². The van der Waals surface area contributed by atoms with Gasteiger partial charge in [-0.2, -0.15) is 0 Å². The maximum absolute atomic E-state index is 11.5. The lowest BCUT2D eigenvalue weighted by molar-refractivity contribution is -0.141. The number of anilines is 4. The zero-order valence-corrected chi connectivity index (χ0v) is 26.3. The average Bonchev–Trinajstić information content (AvgIpc) is 3.34. The first-order valence-corrected chi connectivity index (χ1v) is 14.8. The first kappa shape index (κ1) is 31.2. The molecular weight excluding hydrogens is 610 g/mol. The van der Waals surface area contributed by atoms with Gasteiger partial charge in [0.1, 0.15) is 25.2 Å². The maximum atomic E-state index is 11.5. The third kappa shape index (κ3) is 6.67. The Morgan fingerprint density at radius 2 is 1.22 bits per heavy atom. The van der Waals surface area contributed by atoms with Crippen molar-refractivity contribution < 1.29 is 19.1 Å². The van der Waals surface area contributed by atoms with E-state index in [9.17, 15) is 9.59 Å². The van der Waals surface area contributed by atoms with Gasteiger partial charge in [-0.15, -0.1) is 0 Å².